The van der Waals surface area contributed by atoms with E-state index in [9.17, 15) is 4.79 Å². The van der Waals surface area contributed by atoms with Gasteiger partial charge in [-0.3, -0.25) is 0 Å². The van der Waals surface area contributed by atoms with E-state index in [1.807, 2.05) is 0 Å². The molecule has 0 aliphatic heterocycles. The first-order valence-corrected chi connectivity index (χ1v) is 8.04. The molecule has 0 saturated heterocycles. The highest BCUT2D eigenvalue weighted by molar-refractivity contribution is 5.81. The SMILES string of the molecule is C=CC(=O)OC1(CC)CC2CC1C1C3CCC(C3)C21. The number of hydrogen-bond donors (Lipinski definition) is 0. The standard InChI is InChI=1S/C17H24O2/c1-3-14(18)19-17(4-2)9-12-8-13(17)16-11-6-5-10(7-11)15(12)16/h3,10-13,15-16H,1,4-9H2,2H3. The molecule has 0 aromatic heterocycles. The molecule has 0 aromatic rings. The Morgan fingerprint density at radius 1 is 1.26 bits per heavy atom. The van der Waals surface area contributed by atoms with Crippen LogP contribution in [0, 0.1) is 35.5 Å². The van der Waals surface area contributed by atoms with Crippen LogP contribution in [-0.4, -0.2) is 11.6 Å². The first kappa shape index (κ1) is 12.0. The highest BCUT2D eigenvalue weighted by atomic mass is 16.6. The molecule has 0 radical (unpaired) electrons. The smallest absolute Gasteiger partial charge is 0.330 e. The Bertz CT molecular complexity index is 429. The topological polar surface area (TPSA) is 26.3 Å². The van der Waals surface area contributed by atoms with Gasteiger partial charge in [-0.25, -0.2) is 4.79 Å². The highest BCUT2D eigenvalue weighted by Gasteiger charge is 2.67. The van der Waals surface area contributed by atoms with Crippen molar-refractivity contribution in [1.29, 1.82) is 0 Å². The molecule has 7 atom stereocenters. The van der Waals surface area contributed by atoms with E-state index in [1.54, 1.807) is 0 Å². The average Bonchev–Trinajstić information content (AvgIpc) is 3.15. The van der Waals surface area contributed by atoms with E-state index in [1.165, 1.54) is 31.8 Å². The van der Waals surface area contributed by atoms with Gasteiger partial charge in [-0.15, -0.1) is 0 Å². The van der Waals surface area contributed by atoms with E-state index in [-0.39, 0.29) is 11.6 Å². The summed E-state index contributed by atoms with van der Waals surface area (Å²) < 4.78 is 5.89. The molecule has 0 aromatic carbocycles. The summed E-state index contributed by atoms with van der Waals surface area (Å²) in [5.41, 5.74) is -0.151. The van der Waals surface area contributed by atoms with Crippen LogP contribution in [0.2, 0.25) is 0 Å². The maximum absolute atomic E-state index is 11.7. The summed E-state index contributed by atoms with van der Waals surface area (Å²) in [7, 11) is 0. The van der Waals surface area contributed by atoms with Crippen molar-refractivity contribution in [3.8, 4) is 0 Å². The van der Waals surface area contributed by atoms with Crippen LogP contribution in [-0.2, 0) is 9.53 Å². The number of fused-ring (bicyclic) bond motifs is 9. The Morgan fingerprint density at radius 3 is 2.68 bits per heavy atom. The molecule has 0 N–H and O–H groups in total. The average molecular weight is 260 g/mol. The maximum Gasteiger partial charge on any atom is 0.330 e. The van der Waals surface area contributed by atoms with Crippen molar-refractivity contribution in [3.05, 3.63) is 12.7 Å². The second-order valence-electron chi connectivity index (χ2n) is 7.34. The van der Waals surface area contributed by atoms with Crippen molar-refractivity contribution < 1.29 is 9.53 Å². The van der Waals surface area contributed by atoms with Gasteiger partial charge in [0.05, 0.1) is 0 Å². The molecule has 0 amide bonds. The number of carbonyl (C=O) groups is 1. The van der Waals surface area contributed by atoms with E-state index in [0.29, 0.717) is 5.92 Å². The third kappa shape index (κ3) is 1.41. The van der Waals surface area contributed by atoms with Gasteiger partial charge < -0.3 is 4.74 Å². The molecular formula is C17H24O2. The molecule has 19 heavy (non-hydrogen) atoms. The number of carbonyl (C=O) groups excluding carboxylic acids is 1. The minimum Gasteiger partial charge on any atom is -0.456 e. The van der Waals surface area contributed by atoms with E-state index in [0.717, 1.165) is 42.4 Å². The van der Waals surface area contributed by atoms with E-state index < -0.39 is 0 Å². The van der Waals surface area contributed by atoms with Crippen LogP contribution in [0.15, 0.2) is 12.7 Å². The molecule has 4 fully saturated rings. The second-order valence-corrected chi connectivity index (χ2v) is 7.34. The van der Waals surface area contributed by atoms with Gasteiger partial charge in [-0.05, 0) is 68.1 Å². The fourth-order valence-corrected chi connectivity index (χ4v) is 6.53. The zero-order chi connectivity index (χ0) is 13.2. The Balaban J connectivity index is 1.64. The summed E-state index contributed by atoms with van der Waals surface area (Å²) in [6.45, 7) is 5.75. The lowest BCUT2D eigenvalue weighted by Crippen LogP contribution is -2.47. The summed E-state index contributed by atoms with van der Waals surface area (Å²) in [6.07, 6.45) is 9.14. The van der Waals surface area contributed by atoms with Gasteiger partial charge in [-0.2, -0.15) is 0 Å². The summed E-state index contributed by atoms with van der Waals surface area (Å²) >= 11 is 0. The quantitative estimate of drug-likeness (QED) is 0.440. The predicted molar refractivity (Wildman–Crippen MR) is 73.3 cm³/mol. The normalized spacial score (nSPS) is 53.3. The van der Waals surface area contributed by atoms with Gasteiger partial charge >= 0.3 is 5.97 Å². The monoisotopic (exact) mass is 260 g/mol. The fraction of sp³-hybridized carbons (Fsp3) is 0.824. The first-order chi connectivity index (χ1) is 9.18. The molecule has 4 rings (SSSR count). The van der Waals surface area contributed by atoms with Crippen molar-refractivity contribution in [2.75, 3.05) is 0 Å². The van der Waals surface area contributed by atoms with Gasteiger partial charge in [0.15, 0.2) is 0 Å². The Morgan fingerprint density at radius 2 is 2.00 bits per heavy atom. The van der Waals surface area contributed by atoms with E-state index >= 15 is 0 Å². The molecule has 2 nitrogen and oxygen atoms in total. The Hall–Kier alpha value is -0.790. The van der Waals surface area contributed by atoms with Crippen molar-refractivity contribution >= 4 is 5.97 Å². The van der Waals surface area contributed by atoms with Crippen LogP contribution < -0.4 is 0 Å². The molecule has 7 unspecified atom stereocenters. The van der Waals surface area contributed by atoms with Crippen LogP contribution in [0.1, 0.15) is 45.4 Å². The van der Waals surface area contributed by atoms with Crippen LogP contribution in [0.4, 0.5) is 0 Å². The van der Waals surface area contributed by atoms with Crippen LogP contribution in [0.25, 0.3) is 0 Å². The van der Waals surface area contributed by atoms with Crippen LogP contribution in [0.3, 0.4) is 0 Å². The van der Waals surface area contributed by atoms with Crippen molar-refractivity contribution in [2.24, 2.45) is 35.5 Å². The van der Waals surface area contributed by atoms with Gasteiger partial charge in [0.25, 0.3) is 0 Å². The third-order valence-corrected chi connectivity index (χ3v) is 6.96. The summed E-state index contributed by atoms with van der Waals surface area (Å²) in [5, 5.41) is 0. The number of ether oxygens (including phenoxy) is 1. The molecule has 4 aliphatic carbocycles. The van der Waals surface area contributed by atoms with Crippen molar-refractivity contribution in [2.45, 2.75) is 51.0 Å². The Kier molecular flexibility index (Phi) is 2.44. The number of hydrogen-bond acceptors (Lipinski definition) is 2. The zero-order valence-electron chi connectivity index (χ0n) is 11.8. The number of rotatable bonds is 3. The van der Waals surface area contributed by atoms with Gasteiger partial charge in [0.2, 0.25) is 0 Å². The van der Waals surface area contributed by atoms with Gasteiger partial charge in [0.1, 0.15) is 5.60 Å². The lowest BCUT2D eigenvalue weighted by atomic mass is 9.65. The van der Waals surface area contributed by atoms with E-state index in [4.69, 9.17) is 4.74 Å². The summed E-state index contributed by atoms with van der Waals surface area (Å²) in [6, 6.07) is 0. The van der Waals surface area contributed by atoms with Crippen molar-refractivity contribution in [1.82, 2.24) is 0 Å². The molecule has 4 bridgehead atoms. The molecule has 4 aliphatic rings. The predicted octanol–water partition coefficient (Wildman–Crippen LogP) is 3.57. The van der Waals surface area contributed by atoms with Crippen LogP contribution >= 0.6 is 0 Å². The Labute approximate surface area is 115 Å². The largest absolute Gasteiger partial charge is 0.456 e. The third-order valence-electron chi connectivity index (χ3n) is 6.96. The number of esters is 1. The van der Waals surface area contributed by atoms with Crippen LogP contribution in [0.5, 0.6) is 0 Å². The molecule has 2 heteroatoms. The van der Waals surface area contributed by atoms with Crippen molar-refractivity contribution in [3.63, 3.8) is 0 Å². The van der Waals surface area contributed by atoms with Gasteiger partial charge in [-0.1, -0.05) is 13.5 Å². The molecule has 4 saturated carbocycles. The van der Waals surface area contributed by atoms with Gasteiger partial charge in [0, 0.05) is 12.0 Å². The van der Waals surface area contributed by atoms with E-state index in [2.05, 4.69) is 13.5 Å². The summed E-state index contributed by atoms with van der Waals surface area (Å²) in [5.74, 6) is 5.07. The second kappa shape index (κ2) is 3.86. The first-order valence-electron chi connectivity index (χ1n) is 8.04. The maximum atomic E-state index is 11.7. The molecule has 0 heterocycles. The lowest BCUT2D eigenvalue weighted by Gasteiger charge is -2.45. The zero-order valence-corrected chi connectivity index (χ0v) is 11.8. The molecule has 104 valence electrons. The summed E-state index contributed by atoms with van der Waals surface area (Å²) in [4.78, 5) is 11.7. The minimum absolute atomic E-state index is 0.151. The lowest BCUT2D eigenvalue weighted by molar-refractivity contribution is -0.166. The minimum atomic E-state index is -0.214. The molecule has 0 spiro atoms. The fourth-order valence-electron chi connectivity index (χ4n) is 6.53. The molecular weight excluding hydrogens is 236 g/mol. The highest BCUT2D eigenvalue weighted by Crippen LogP contribution is 2.70.